The number of hydrazone groups is 1. The molecule has 0 aliphatic heterocycles. The van der Waals surface area contributed by atoms with Gasteiger partial charge in [0.05, 0.1) is 21.7 Å². The van der Waals surface area contributed by atoms with Gasteiger partial charge in [-0.3, -0.25) is 19.2 Å². The fraction of sp³-hybridized carbons (Fsp3) is 0.0714. The molecule has 4 rings (SSSR count). The van der Waals surface area contributed by atoms with Crippen molar-refractivity contribution in [3.8, 4) is 5.75 Å². The summed E-state index contributed by atoms with van der Waals surface area (Å²) in [5.74, 6) is -0.111. The minimum absolute atomic E-state index is 0.0358. The summed E-state index contributed by atoms with van der Waals surface area (Å²) in [6.07, 6.45) is 1.39. The topological polar surface area (TPSA) is 131 Å². The first-order chi connectivity index (χ1) is 19.2. The number of hydrogen-bond acceptors (Lipinski definition) is 7. The van der Waals surface area contributed by atoms with Crippen molar-refractivity contribution in [1.82, 2.24) is 5.43 Å². The van der Waals surface area contributed by atoms with Crippen molar-refractivity contribution in [3.05, 3.63) is 129 Å². The van der Waals surface area contributed by atoms with E-state index in [1.54, 1.807) is 42.5 Å². The van der Waals surface area contributed by atoms with Gasteiger partial charge < -0.3 is 4.74 Å². The summed E-state index contributed by atoms with van der Waals surface area (Å²) in [4.78, 5) is 23.3. The van der Waals surface area contributed by atoms with Crippen LogP contribution in [0.1, 0.15) is 11.1 Å². The van der Waals surface area contributed by atoms with Crippen LogP contribution < -0.4 is 14.5 Å². The first-order valence-electron chi connectivity index (χ1n) is 11.8. The number of nitro benzene ring substituents is 1. The molecule has 4 aromatic rings. The Hall–Kier alpha value is -4.74. The lowest BCUT2D eigenvalue weighted by molar-refractivity contribution is -0.384. The predicted molar refractivity (Wildman–Crippen MR) is 152 cm³/mol. The van der Waals surface area contributed by atoms with E-state index in [0.717, 1.165) is 15.9 Å². The zero-order valence-corrected chi connectivity index (χ0v) is 22.5. The number of halogens is 1. The molecule has 0 heterocycles. The first-order valence-corrected chi connectivity index (χ1v) is 13.7. The molecule has 1 N–H and O–H groups in total. The molecule has 0 atom stereocenters. The maximum absolute atomic E-state index is 13.4. The number of carbonyl (C=O) groups is 1. The van der Waals surface area contributed by atoms with Gasteiger partial charge in [-0.1, -0.05) is 48.0 Å². The third kappa shape index (κ3) is 7.43. The summed E-state index contributed by atoms with van der Waals surface area (Å²) in [6, 6.07) is 26.8. The van der Waals surface area contributed by atoms with Gasteiger partial charge in [0.25, 0.3) is 21.6 Å². The number of non-ortho nitro benzene ring substituents is 1. The maximum Gasteiger partial charge on any atom is 0.271 e. The van der Waals surface area contributed by atoms with Crippen LogP contribution in [-0.2, 0) is 21.4 Å². The summed E-state index contributed by atoms with van der Waals surface area (Å²) in [5, 5.41) is 15.8. The van der Waals surface area contributed by atoms with Gasteiger partial charge in [0, 0.05) is 17.2 Å². The highest BCUT2D eigenvalue weighted by atomic mass is 35.5. The molecule has 0 unspecified atom stereocenters. The molecule has 10 nitrogen and oxygen atoms in total. The maximum atomic E-state index is 13.4. The number of nitro groups is 1. The lowest BCUT2D eigenvalue weighted by atomic mass is 10.2. The second-order valence-corrected chi connectivity index (χ2v) is 10.7. The third-order valence-corrected chi connectivity index (χ3v) is 7.59. The van der Waals surface area contributed by atoms with E-state index in [-0.39, 0.29) is 16.3 Å². The van der Waals surface area contributed by atoms with Crippen molar-refractivity contribution in [2.75, 3.05) is 10.8 Å². The molecular weight excluding hydrogens is 556 g/mol. The fourth-order valence-corrected chi connectivity index (χ4v) is 5.10. The minimum Gasteiger partial charge on any atom is -0.489 e. The van der Waals surface area contributed by atoms with Crippen LogP contribution in [0.25, 0.3) is 0 Å². The van der Waals surface area contributed by atoms with E-state index >= 15 is 0 Å². The summed E-state index contributed by atoms with van der Waals surface area (Å²) in [7, 11) is -4.22. The van der Waals surface area contributed by atoms with Gasteiger partial charge >= 0.3 is 0 Å². The monoisotopic (exact) mass is 578 g/mol. The number of sulfonamides is 1. The van der Waals surface area contributed by atoms with E-state index in [9.17, 15) is 23.3 Å². The van der Waals surface area contributed by atoms with Crippen LogP contribution in [0.4, 0.5) is 11.4 Å². The van der Waals surface area contributed by atoms with Crippen molar-refractivity contribution in [1.29, 1.82) is 0 Å². The summed E-state index contributed by atoms with van der Waals surface area (Å²) in [6.45, 7) is -0.291. The van der Waals surface area contributed by atoms with Crippen LogP contribution >= 0.6 is 11.6 Å². The molecule has 0 saturated carbocycles. The van der Waals surface area contributed by atoms with E-state index in [1.165, 1.54) is 48.7 Å². The van der Waals surface area contributed by atoms with Gasteiger partial charge in [-0.2, -0.15) is 5.10 Å². The lowest BCUT2D eigenvalue weighted by Crippen LogP contribution is -2.39. The molecule has 0 aliphatic rings. The average Bonchev–Trinajstić information content (AvgIpc) is 2.97. The van der Waals surface area contributed by atoms with E-state index in [4.69, 9.17) is 16.3 Å². The summed E-state index contributed by atoms with van der Waals surface area (Å²) >= 11 is 5.89. The standard InChI is InChI=1S/C28H23ClN4O6S/c29-23-13-9-22(10-14-23)20-39-26-15-11-21(12-16-26)18-30-31-28(34)19-32(24-5-4-6-25(17-24)33(35)36)40(37,38)27-7-2-1-3-8-27/h1-18H,19-20H2,(H,31,34)/b30-18-. The zero-order valence-electron chi connectivity index (χ0n) is 20.9. The Morgan fingerprint density at radius 1 is 0.975 bits per heavy atom. The van der Waals surface area contributed by atoms with Crippen LogP contribution in [0.3, 0.4) is 0 Å². The highest BCUT2D eigenvalue weighted by molar-refractivity contribution is 7.92. The van der Waals surface area contributed by atoms with Crippen molar-refractivity contribution in [2.24, 2.45) is 5.10 Å². The number of hydrogen-bond donors (Lipinski definition) is 1. The van der Waals surface area contributed by atoms with Crippen LogP contribution in [-0.4, -0.2) is 32.0 Å². The van der Waals surface area contributed by atoms with Crippen LogP contribution in [0, 0.1) is 10.1 Å². The van der Waals surface area contributed by atoms with Gasteiger partial charge in [-0.25, -0.2) is 13.8 Å². The van der Waals surface area contributed by atoms with Gasteiger partial charge in [-0.05, 0) is 65.7 Å². The SMILES string of the molecule is O=C(CN(c1cccc([N+](=O)[O-])c1)S(=O)(=O)c1ccccc1)N/N=C\c1ccc(OCc2ccc(Cl)cc2)cc1. The van der Waals surface area contributed by atoms with Gasteiger partial charge in [0.2, 0.25) is 0 Å². The molecule has 0 aromatic heterocycles. The number of anilines is 1. The molecular formula is C28H23ClN4O6S. The number of amides is 1. The van der Waals surface area contributed by atoms with E-state index in [1.807, 2.05) is 12.1 Å². The summed E-state index contributed by atoms with van der Waals surface area (Å²) < 4.78 is 33.3. The Morgan fingerprint density at radius 3 is 2.35 bits per heavy atom. The van der Waals surface area contributed by atoms with E-state index in [2.05, 4.69) is 10.5 Å². The lowest BCUT2D eigenvalue weighted by Gasteiger charge is -2.23. The fourth-order valence-electron chi connectivity index (χ4n) is 3.54. The second kappa shape index (κ2) is 12.9. The molecule has 4 aromatic carbocycles. The summed E-state index contributed by atoms with van der Waals surface area (Å²) in [5.41, 5.74) is 3.58. The predicted octanol–water partition coefficient (Wildman–Crippen LogP) is 5.17. The highest BCUT2D eigenvalue weighted by Crippen LogP contribution is 2.27. The Labute approximate surface area is 235 Å². The van der Waals surface area contributed by atoms with Crippen LogP contribution in [0.15, 0.2) is 113 Å². The molecule has 40 heavy (non-hydrogen) atoms. The Bertz CT molecular complexity index is 1610. The Kier molecular flexibility index (Phi) is 9.10. The number of nitrogens with one attached hydrogen (secondary N) is 1. The molecule has 1 amide bonds. The zero-order chi connectivity index (χ0) is 28.5. The van der Waals surface area contributed by atoms with Crippen molar-refractivity contribution < 1.29 is 22.9 Å². The molecule has 0 fully saturated rings. The van der Waals surface area contributed by atoms with Gasteiger partial charge in [0.1, 0.15) is 18.9 Å². The molecule has 0 aliphatic carbocycles. The molecule has 12 heteroatoms. The smallest absolute Gasteiger partial charge is 0.271 e. The largest absolute Gasteiger partial charge is 0.489 e. The molecule has 0 spiro atoms. The number of rotatable bonds is 11. The van der Waals surface area contributed by atoms with Crippen molar-refractivity contribution in [3.63, 3.8) is 0 Å². The van der Waals surface area contributed by atoms with Crippen LogP contribution in [0.2, 0.25) is 5.02 Å². The number of nitrogens with zero attached hydrogens (tertiary/aromatic N) is 3. The normalized spacial score (nSPS) is 11.2. The second-order valence-electron chi connectivity index (χ2n) is 8.38. The molecule has 0 saturated heterocycles. The van der Waals surface area contributed by atoms with Crippen molar-refractivity contribution in [2.45, 2.75) is 11.5 Å². The van der Waals surface area contributed by atoms with Crippen LogP contribution in [0.5, 0.6) is 5.75 Å². The number of benzene rings is 4. The van der Waals surface area contributed by atoms with E-state index in [0.29, 0.717) is 22.9 Å². The molecule has 0 radical (unpaired) electrons. The van der Waals surface area contributed by atoms with Gasteiger partial charge in [-0.15, -0.1) is 0 Å². The number of carbonyl (C=O) groups excluding carboxylic acids is 1. The van der Waals surface area contributed by atoms with E-state index < -0.39 is 27.4 Å². The first kappa shape index (κ1) is 28.3. The molecule has 0 bridgehead atoms. The van der Waals surface area contributed by atoms with Gasteiger partial charge in [0.15, 0.2) is 0 Å². The number of ether oxygens (including phenoxy) is 1. The Balaban J connectivity index is 1.42. The third-order valence-electron chi connectivity index (χ3n) is 5.55. The quantitative estimate of drug-likeness (QED) is 0.148. The van der Waals surface area contributed by atoms with Crippen molar-refractivity contribution >= 4 is 45.1 Å². The Morgan fingerprint density at radius 2 is 1.68 bits per heavy atom. The average molecular weight is 579 g/mol. The highest BCUT2D eigenvalue weighted by Gasteiger charge is 2.28. The minimum atomic E-state index is -4.22. The molecule has 204 valence electrons.